The first-order valence-electron chi connectivity index (χ1n) is 3.73. The third-order valence-electron chi connectivity index (χ3n) is 1.63. The molecule has 0 radical (unpaired) electrons. The number of rotatable bonds is 0. The fourth-order valence-electron chi connectivity index (χ4n) is 1.14. The second kappa shape index (κ2) is 2.05. The Balaban J connectivity index is 2.54. The van der Waals surface area contributed by atoms with Crippen molar-refractivity contribution in [2.45, 2.75) is 6.42 Å². The molecule has 1 aromatic rings. The number of nitrogens with one attached hydrogen (secondary N) is 1. The first-order valence-corrected chi connectivity index (χ1v) is 3.29. The van der Waals surface area contributed by atoms with E-state index in [2.05, 4.69) is 0 Å². The van der Waals surface area contributed by atoms with Gasteiger partial charge in [-0.2, -0.15) is 0 Å². The first-order chi connectivity index (χ1) is 5.68. The highest BCUT2D eigenvalue weighted by atomic mass is 19.1. The average molecular weight is 152 g/mol. The minimum absolute atomic E-state index is 0.136. The van der Waals surface area contributed by atoms with Crippen molar-refractivity contribution in [1.82, 2.24) is 0 Å². The van der Waals surface area contributed by atoms with Crippen molar-refractivity contribution in [3.8, 4) is 0 Å². The number of hydrogen-bond acceptors (Lipinski definition) is 1. The van der Waals surface area contributed by atoms with Gasteiger partial charge in [0, 0.05) is 5.69 Å². The maximum atomic E-state index is 12.6. The van der Waals surface area contributed by atoms with Gasteiger partial charge in [0.1, 0.15) is 5.82 Å². The normalized spacial score (nSPS) is 16.6. The molecule has 2 rings (SSSR count). The van der Waals surface area contributed by atoms with Gasteiger partial charge in [0.15, 0.2) is 1.41 Å². The molecule has 1 N–H and O–H groups in total. The fraction of sp³-hybridized carbons (Fsp3) is 0.125. The van der Waals surface area contributed by atoms with Crippen LogP contribution in [0.5, 0.6) is 0 Å². The first kappa shape index (κ1) is 5.29. The molecule has 0 bridgehead atoms. The van der Waals surface area contributed by atoms with E-state index in [1.165, 1.54) is 18.2 Å². The predicted molar refractivity (Wildman–Crippen MR) is 38.7 cm³/mol. The minimum Gasteiger partial charge on any atom is -0.326 e. The summed E-state index contributed by atoms with van der Waals surface area (Å²) in [6.07, 6.45) is 0.136. The number of anilines is 1. The summed E-state index contributed by atoms with van der Waals surface area (Å²) in [5.74, 6) is -0.674. The van der Waals surface area contributed by atoms with Crippen LogP contribution in [0, 0.1) is 5.82 Å². The third kappa shape index (κ3) is 0.981. The van der Waals surface area contributed by atoms with Gasteiger partial charge in [-0.25, -0.2) is 4.39 Å². The largest absolute Gasteiger partial charge is 0.326 e. The molecule has 1 aliphatic heterocycles. The van der Waals surface area contributed by atoms with Gasteiger partial charge in [-0.15, -0.1) is 0 Å². The molecule has 1 amide bonds. The van der Waals surface area contributed by atoms with Crippen LogP contribution in [-0.2, 0) is 11.2 Å². The van der Waals surface area contributed by atoms with Crippen molar-refractivity contribution in [3.63, 3.8) is 0 Å². The van der Waals surface area contributed by atoms with E-state index in [0.29, 0.717) is 11.3 Å². The van der Waals surface area contributed by atoms with Crippen molar-refractivity contribution in [1.29, 1.82) is 0 Å². The highest BCUT2D eigenvalue weighted by molar-refractivity contribution is 5.98. The van der Waals surface area contributed by atoms with Gasteiger partial charge in [-0.1, -0.05) is 0 Å². The van der Waals surface area contributed by atoms with Crippen molar-refractivity contribution >= 4 is 11.6 Å². The van der Waals surface area contributed by atoms with E-state index in [9.17, 15) is 9.18 Å². The monoisotopic (exact) mass is 152 g/mol. The number of halogens is 1. The summed E-state index contributed by atoms with van der Waals surface area (Å²) in [5, 5.41) is 0.800. The molecule has 1 aromatic carbocycles. The Morgan fingerprint density at radius 3 is 3.27 bits per heavy atom. The van der Waals surface area contributed by atoms with Crippen LogP contribution < -0.4 is 5.31 Å². The molecule has 0 fully saturated rings. The average Bonchev–Trinajstić information content (AvgIpc) is 2.28. The standard InChI is InChI=1S/C8H6FNO/c9-6-1-2-7-5(3-6)4-8(11)10-7/h1-3H,4H2,(H,10,11)/i/hD. The molecule has 2 nitrogen and oxygen atoms in total. The minimum atomic E-state index is -0.364. The Kier molecular flexibility index (Phi) is 0.987. The molecule has 1 aliphatic rings. The maximum absolute atomic E-state index is 12.6. The van der Waals surface area contributed by atoms with E-state index < -0.39 is 0 Å². The molecule has 0 unspecified atom stereocenters. The number of hydrogen-bond donors (Lipinski definition) is 1. The van der Waals surface area contributed by atoms with Gasteiger partial charge in [0.2, 0.25) is 5.91 Å². The van der Waals surface area contributed by atoms with Gasteiger partial charge in [-0.05, 0) is 23.8 Å². The van der Waals surface area contributed by atoms with Crippen LogP contribution in [0.3, 0.4) is 0 Å². The molecular formula is C8H6FNO. The quantitative estimate of drug-likeness (QED) is 0.596. The number of fused-ring (bicyclic) bond motifs is 1. The maximum Gasteiger partial charge on any atom is 0.228 e. The zero-order valence-electron chi connectivity index (χ0n) is 6.67. The van der Waals surface area contributed by atoms with Gasteiger partial charge < -0.3 is 5.31 Å². The van der Waals surface area contributed by atoms with E-state index >= 15 is 0 Å². The van der Waals surface area contributed by atoms with Crippen LogP contribution in [0.25, 0.3) is 0 Å². The van der Waals surface area contributed by atoms with Crippen LogP contribution in [0.4, 0.5) is 10.1 Å². The zero-order valence-corrected chi connectivity index (χ0v) is 5.67. The number of carbonyl (C=O) groups is 1. The van der Waals surface area contributed by atoms with Gasteiger partial charge in [0.05, 0.1) is 6.42 Å². The summed E-state index contributed by atoms with van der Waals surface area (Å²) >= 11 is 0. The molecule has 0 spiro atoms. The summed E-state index contributed by atoms with van der Waals surface area (Å²) < 4.78 is 19.9. The third-order valence-corrected chi connectivity index (χ3v) is 1.63. The van der Waals surface area contributed by atoms with E-state index in [1.807, 2.05) is 0 Å². The zero-order chi connectivity index (χ0) is 8.72. The highest BCUT2D eigenvalue weighted by Gasteiger charge is 2.16. The lowest BCUT2D eigenvalue weighted by Gasteiger charge is -1.95. The van der Waals surface area contributed by atoms with Crippen LogP contribution in [0.15, 0.2) is 18.2 Å². The van der Waals surface area contributed by atoms with E-state index in [4.69, 9.17) is 1.41 Å². The van der Waals surface area contributed by atoms with Crippen LogP contribution in [-0.4, -0.2) is 5.91 Å². The summed E-state index contributed by atoms with van der Waals surface area (Å²) in [4.78, 5) is 11.0. The topological polar surface area (TPSA) is 29.1 Å². The molecule has 0 saturated carbocycles. The lowest BCUT2D eigenvalue weighted by Crippen LogP contribution is -2.03. The highest BCUT2D eigenvalue weighted by Crippen LogP contribution is 2.22. The molecule has 0 saturated heterocycles. The van der Waals surface area contributed by atoms with Gasteiger partial charge >= 0.3 is 0 Å². The molecule has 3 heteroatoms. The molecule has 1 heterocycles. The predicted octanol–water partition coefficient (Wildman–Crippen LogP) is 1.32. The Morgan fingerprint density at radius 1 is 1.64 bits per heavy atom. The van der Waals surface area contributed by atoms with Crippen LogP contribution >= 0.6 is 0 Å². The second-order valence-electron chi connectivity index (χ2n) is 2.46. The molecular weight excluding hydrogens is 145 g/mol. The lowest BCUT2D eigenvalue weighted by molar-refractivity contribution is -0.115. The SMILES string of the molecule is [2H]N1C(=O)Cc2cc(F)ccc21. The van der Waals surface area contributed by atoms with Gasteiger partial charge in [-0.3, -0.25) is 4.79 Å². The lowest BCUT2D eigenvalue weighted by atomic mass is 10.2. The van der Waals surface area contributed by atoms with Crippen molar-refractivity contribution in [3.05, 3.63) is 29.6 Å². The summed E-state index contributed by atoms with van der Waals surface area (Å²) in [7, 11) is 0. The Morgan fingerprint density at radius 2 is 2.45 bits per heavy atom. The Bertz CT molecular complexity index is 353. The molecule has 0 atom stereocenters. The smallest absolute Gasteiger partial charge is 0.228 e. The van der Waals surface area contributed by atoms with E-state index in [1.54, 1.807) is 0 Å². The molecule has 0 aromatic heterocycles. The summed E-state index contributed by atoms with van der Waals surface area (Å²) in [5.41, 5.74) is 1.08. The molecule has 56 valence electrons. The molecule has 11 heavy (non-hydrogen) atoms. The van der Waals surface area contributed by atoms with Crippen LogP contribution in [0.1, 0.15) is 5.56 Å². The van der Waals surface area contributed by atoms with Crippen molar-refractivity contribution < 1.29 is 10.6 Å². The van der Waals surface area contributed by atoms with E-state index in [0.717, 1.165) is 5.31 Å². The number of benzene rings is 1. The summed E-state index contributed by atoms with van der Waals surface area (Å²) in [6.45, 7) is 0. The Labute approximate surface area is 64.5 Å². The van der Waals surface area contributed by atoms with Crippen molar-refractivity contribution in [2.24, 2.45) is 0 Å². The van der Waals surface area contributed by atoms with E-state index in [-0.39, 0.29) is 18.1 Å². The van der Waals surface area contributed by atoms with Crippen LogP contribution in [0.2, 0.25) is 1.41 Å². The van der Waals surface area contributed by atoms with Crippen molar-refractivity contribution in [2.75, 3.05) is 5.31 Å². The fourth-order valence-corrected chi connectivity index (χ4v) is 1.14. The number of amides is 1. The Hall–Kier alpha value is -1.38. The number of carbonyl (C=O) groups excluding carboxylic acids is 1. The summed E-state index contributed by atoms with van der Waals surface area (Å²) in [6, 6.07) is 3.99. The van der Waals surface area contributed by atoms with Gasteiger partial charge in [0.25, 0.3) is 0 Å². The second-order valence-corrected chi connectivity index (χ2v) is 2.46. The molecule has 0 aliphatic carbocycles.